The van der Waals surface area contributed by atoms with E-state index >= 15 is 0 Å². The predicted molar refractivity (Wildman–Crippen MR) is 51.9 cm³/mol. The first-order chi connectivity index (χ1) is 5.45. The molecule has 0 saturated heterocycles. The van der Waals surface area contributed by atoms with Gasteiger partial charge in [0.15, 0.2) is 0 Å². The van der Waals surface area contributed by atoms with Crippen molar-refractivity contribution < 1.29 is 4.79 Å². The molecule has 2 N–H and O–H groups in total. The van der Waals surface area contributed by atoms with E-state index in [9.17, 15) is 4.79 Å². The van der Waals surface area contributed by atoms with Crippen molar-refractivity contribution in [3.05, 3.63) is 12.2 Å². The molecule has 0 spiro atoms. The van der Waals surface area contributed by atoms with Gasteiger partial charge in [-0.3, -0.25) is 4.79 Å². The number of carbonyl (C=O) groups excluding carboxylic acids is 1. The molecule has 0 bridgehead atoms. The Morgan fingerprint density at radius 1 is 1.42 bits per heavy atom. The maximum atomic E-state index is 11.3. The van der Waals surface area contributed by atoms with Gasteiger partial charge in [0.05, 0.1) is 6.04 Å². The maximum Gasteiger partial charge on any atom is 0.150 e. The lowest BCUT2D eigenvalue weighted by atomic mass is 9.97. The van der Waals surface area contributed by atoms with Crippen LogP contribution in [0, 0.1) is 5.92 Å². The summed E-state index contributed by atoms with van der Waals surface area (Å²) in [6, 6.07) is -0.302. The highest BCUT2D eigenvalue weighted by Gasteiger charge is 2.16. The third-order valence-corrected chi connectivity index (χ3v) is 1.89. The molecule has 0 amide bonds. The summed E-state index contributed by atoms with van der Waals surface area (Å²) in [7, 11) is 0. The Morgan fingerprint density at radius 2 is 1.92 bits per heavy atom. The Bertz CT molecular complexity index is 173. The molecule has 0 rings (SSSR count). The highest BCUT2D eigenvalue weighted by atomic mass is 16.1. The van der Waals surface area contributed by atoms with Gasteiger partial charge in [0, 0.05) is 6.42 Å². The Balaban J connectivity index is 3.80. The highest BCUT2D eigenvalue weighted by Crippen LogP contribution is 2.07. The number of hydrogen-bond donors (Lipinski definition) is 1. The van der Waals surface area contributed by atoms with Crippen LogP contribution in [0.2, 0.25) is 0 Å². The van der Waals surface area contributed by atoms with Crippen molar-refractivity contribution in [3.8, 4) is 0 Å². The SMILES string of the molecule is C=C(C)CCC(=O)C(N)C(C)C. The lowest BCUT2D eigenvalue weighted by Crippen LogP contribution is -2.35. The molecule has 0 aliphatic carbocycles. The molecule has 2 heteroatoms. The van der Waals surface area contributed by atoms with E-state index < -0.39 is 0 Å². The molecule has 1 atom stereocenters. The third-order valence-electron chi connectivity index (χ3n) is 1.89. The Kier molecular flexibility index (Phi) is 4.83. The molecule has 2 nitrogen and oxygen atoms in total. The molecule has 0 aromatic carbocycles. The lowest BCUT2D eigenvalue weighted by Gasteiger charge is -2.13. The first-order valence-corrected chi connectivity index (χ1v) is 4.37. The molecule has 1 unspecified atom stereocenters. The minimum Gasteiger partial charge on any atom is -0.321 e. The van der Waals surface area contributed by atoms with Crippen LogP contribution in [0.25, 0.3) is 0 Å². The molecule has 0 aliphatic heterocycles. The normalized spacial score (nSPS) is 13.1. The summed E-state index contributed by atoms with van der Waals surface area (Å²) in [5.74, 6) is 0.385. The van der Waals surface area contributed by atoms with Crippen LogP contribution in [0.4, 0.5) is 0 Å². The van der Waals surface area contributed by atoms with E-state index in [0.29, 0.717) is 6.42 Å². The van der Waals surface area contributed by atoms with Crippen molar-refractivity contribution in [1.82, 2.24) is 0 Å². The van der Waals surface area contributed by atoms with Crippen LogP contribution < -0.4 is 5.73 Å². The van der Waals surface area contributed by atoms with Gasteiger partial charge in [-0.05, 0) is 19.3 Å². The van der Waals surface area contributed by atoms with Gasteiger partial charge in [0.2, 0.25) is 0 Å². The third kappa shape index (κ3) is 4.29. The first kappa shape index (κ1) is 11.4. The van der Waals surface area contributed by atoms with Crippen LogP contribution in [0.15, 0.2) is 12.2 Å². The van der Waals surface area contributed by atoms with Crippen molar-refractivity contribution in [1.29, 1.82) is 0 Å². The Hall–Kier alpha value is -0.630. The maximum absolute atomic E-state index is 11.3. The molecule has 0 aliphatic rings. The van der Waals surface area contributed by atoms with E-state index in [4.69, 9.17) is 5.73 Å². The molecular weight excluding hydrogens is 150 g/mol. The summed E-state index contributed by atoms with van der Waals surface area (Å²) in [6.07, 6.45) is 1.30. The van der Waals surface area contributed by atoms with Crippen molar-refractivity contribution in [3.63, 3.8) is 0 Å². The molecule has 0 radical (unpaired) electrons. The number of carbonyl (C=O) groups is 1. The summed E-state index contributed by atoms with van der Waals surface area (Å²) in [4.78, 5) is 11.3. The second-order valence-corrected chi connectivity index (χ2v) is 3.69. The zero-order valence-electron chi connectivity index (χ0n) is 8.26. The van der Waals surface area contributed by atoms with Crippen molar-refractivity contribution in [2.45, 2.75) is 39.7 Å². The summed E-state index contributed by atoms with van der Waals surface area (Å²) >= 11 is 0. The smallest absolute Gasteiger partial charge is 0.150 e. The molecular formula is C10H19NO. The fourth-order valence-corrected chi connectivity index (χ4v) is 0.875. The van der Waals surface area contributed by atoms with Crippen LogP contribution in [-0.2, 0) is 4.79 Å². The topological polar surface area (TPSA) is 43.1 Å². The van der Waals surface area contributed by atoms with Gasteiger partial charge < -0.3 is 5.73 Å². The Labute approximate surface area is 74.8 Å². The molecule has 12 heavy (non-hydrogen) atoms. The zero-order valence-corrected chi connectivity index (χ0v) is 8.26. The summed E-state index contributed by atoms with van der Waals surface area (Å²) in [5, 5.41) is 0. The fraction of sp³-hybridized carbons (Fsp3) is 0.700. The van der Waals surface area contributed by atoms with Crippen LogP contribution in [0.1, 0.15) is 33.6 Å². The average molecular weight is 169 g/mol. The van der Waals surface area contributed by atoms with E-state index in [2.05, 4.69) is 6.58 Å². The largest absolute Gasteiger partial charge is 0.321 e. The Morgan fingerprint density at radius 3 is 2.25 bits per heavy atom. The number of allylic oxidation sites excluding steroid dienone is 1. The fourth-order valence-electron chi connectivity index (χ4n) is 0.875. The second kappa shape index (κ2) is 5.09. The molecule has 0 aromatic heterocycles. The van der Waals surface area contributed by atoms with Crippen molar-refractivity contribution in [2.75, 3.05) is 0 Å². The lowest BCUT2D eigenvalue weighted by molar-refractivity contribution is -0.121. The van der Waals surface area contributed by atoms with Gasteiger partial charge >= 0.3 is 0 Å². The number of ketones is 1. The number of rotatable bonds is 5. The van der Waals surface area contributed by atoms with Crippen molar-refractivity contribution in [2.24, 2.45) is 11.7 Å². The number of hydrogen-bond acceptors (Lipinski definition) is 2. The number of Topliss-reactive ketones (excluding diaryl/α,β-unsaturated/α-hetero) is 1. The van der Waals surface area contributed by atoms with E-state index in [0.717, 1.165) is 12.0 Å². The van der Waals surface area contributed by atoms with Gasteiger partial charge in [0.25, 0.3) is 0 Å². The van der Waals surface area contributed by atoms with Gasteiger partial charge in [-0.2, -0.15) is 0 Å². The minimum absolute atomic E-state index is 0.146. The van der Waals surface area contributed by atoms with E-state index in [1.807, 2.05) is 20.8 Å². The molecule has 0 fully saturated rings. The van der Waals surface area contributed by atoms with Gasteiger partial charge in [-0.15, -0.1) is 6.58 Å². The molecule has 0 saturated carbocycles. The molecule has 0 aromatic rings. The zero-order chi connectivity index (χ0) is 9.72. The van der Waals surface area contributed by atoms with Crippen LogP contribution in [0.5, 0.6) is 0 Å². The molecule has 70 valence electrons. The summed E-state index contributed by atoms with van der Waals surface area (Å²) in [5.41, 5.74) is 6.71. The van der Waals surface area contributed by atoms with Gasteiger partial charge in [-0.1, -0.05) is 19.4 Å². The van der Waals surface area contributed by atoms with E-state index in [-0.39, 0.29) is 17.7 Å². The number of nitrogens with two attached hydrogens (primary N) is 1. The van der Waals surface area contributed by atoms with Crippen LogP contribution in [-0.4, -0.2) is 11.8 Å². The second-order valence-electron chi connectivity index (χ2n) is 3.69. The highest BCUT2D eigenvalue weighted by molar-refractivity contribution is 5.84. The van der Waals surface area contributed by atoms with Crippen LogP contribution in [0.3, 0.4) is 0 Å². The van der Waals surface area contributed by atoms with Gasteiger partial charge in [0.1, 0.15) is 5.78 Å². The standard InChI is InChI=1S/C10H19NO/c1-7(2)5-6-9(12)10(11)8(3)4/h8,10H,1,5-6,11H2,2-4H3. The van der Waals surface area contributed by atoms with Crippen molar-refractivity contribution >= 4 is 5.78 Å². The quantitative estimate of drug-likeness (QED) is 0.639. The van der Waals surface area contributed by atoms with Crippen LogP contribution >= 0.6 is 0 Å². The summed E-state index contributed by atoms with van der Waals surface area (Å²) in [6.45, 7) is 9.59. The van der Waals surface area contributed by atoms with E-state index in [1.165, 1.54) is 0 Å². The van der Waals surface area contributed by atoms with Gasteiger partial charge in [-0.25, -0.2) is 0 Å². The summed E-state index contributed by atoms with van der Waals surface area (Å²) < 4.78 is 0. The molecule has 0 heterocycles. The predicted octanol–water partition coefficient (Wildman–Crippen LogP) is 1.90. The monoisotopic (exact) mass is 169 g/mol. The van der Waals surface area contributed by atoms with E-state index in [1.54, 1.807) is 0 Å². The first-order valence-electron chi connectivity index (χ1n) is 4.37. The minimum atomic E-state index is -0.302. The average Bonchev–Trinajstić information content (AvgIpc) is 1.98.